The maximum Gasteiger partial charge on any atom is 0.102 e. The fraction of sp³-hybridized carbons (Fsp3) is 0.818. The summed E-state index contributed by atoms with van der Waals surface area (Å²) in [6, 6.07) is 0. The Labute approximate surface area is 96.2 Å². The molecule has 0 bridgehead atoms. The van der Waals surface area contributed by atoms with Gasteiger partial charge in [0.1, 0.15) is 5.69 Å². The van der Waals surface area contributed by atoms with Crippen molar-refractivity contribution in [3.8, 4) is 0 Å². The summed E-state index contributed by atoms with van der Waals surface area (Å²) in [5.74, 6) is 0. The number of hydrogen-bond donors (Lipinski definition) is 1. The number of nitrogens with zero attached hydrogens (tertiary/aromatic N) is 3. The van der Waals surface area contributed by atoms with Gasteiger partial charge in [-0.05, 0) is 20.9 Å². The van der Waals surface area contributed by atoms with Gasteiger partial charge in [0, 0.05) is 5.41 Å². The van der Waals surface area contributed by atoms with Crippen LogP contribution in [0, 0.1) is 5.41 Å². The molecule has 2 rings (SSSR count). The van der Waals surface area contributed by atoms with Crippen molar-refractivity contribution in [3.05, 3.63) is 11.9 Å². The minimum atomic E-state index is -0.130. The fourth-order valence-corrected chi connectivity index (χ4v) is 1.72. The summed E-state index contributed by atoms with van der Waals surface area (Å²) in [5.41, 5.74) is 1.07. The molecule has 1 aromatic rings. The van der Waals surface area contributed by atoms with Crippen LogP contribution in [0.5, 0.6) is 0 Å². The highest BCUT2D eigenvalue weighted by molar-refractivity contribution is 5.06. The van der Waals surface area contributed by atoms with Crippen molar-refractivity contribution >= 4 is 0 Å². The average molecular weight is 224 g/mol. The van der Waals surface area contributed by atoms with Crippen LogP contribution in [0.3, 0.4) is 0 Å². The van der Waals surface area contributed by atoms with E-state index >= 15 is 0 Å². The molecule has 1 saturated heterocycles. The van der Waals surface area contributed by atoms with E-state index < -0.39 is 0 Å². The largest absolute Gasteiger partial charge is 0.380 e. The van der Waals surface area contributed by atoms with Gasteiger partial charge in [-0.25, -0.2) is 0 Å². The molecule has 0 saturated carbocycles. The van der Waals surface area contributed by atoms with Gasteiger partial charge in [0.25, 0.3) is 0 Å². The molecule has 0 radical (unpaired) electrons. The predicted molar refractivity (Wildman–Crippen MR) is 61.0 cm³/mol. The highest BCUT2D eigenvalue weighted by Gasteiger charge is 2.34. The van der Waals surface area contributed by atoms with Crippen molar-refractivity contribution in [1.29, 1.82) is 0 Å². The number of ether oxygens (including phenoxy) is 1. The lowest BCUT2D eigenvalue weighted by molar-refractivity contribution is -0.111. The third-order valence-electron chi connectivity index (χ3n) is 3.25. The lowest BCUT2D eigenvalue weighted by atomic mass is 9.89. The molecule has 1 aromatic heterocycles. The maximum atomic E-state index is 5.23. The van der Waals surface area contributed by atoms with Gasteiger partial charge in [-0.2, -0.15) is 0 Å². The van der Waals surface area contributed by atoms with Gasteiger partial charge in [-0.1, -0.05) is 12.1 Å². The number of rotatable bonds is 4. The van der Waals surface area contributed by atoms with E-state index in [0.29, 0.717) is 0 Å². The molecule has 1 aliphatic rings. The molecule has 0 aliphatic carbocycles. The maximum absolute atomic E-state index is 5.23. The first-order valence-electron chi connectivity index (χ1n) is 5.62. The lowest BCUT2D eigenvalue weighted by Crippen LogP contribution is -2.43. The molecular formula is C11H20N4O. The van der Waals surface area contributed by atoms with Gasteiger partial charge in [-0.3, -0.25) is 4.68 Å². The van der Waals surface area contributed by atoms with Crippen molar-refractivity contribution < 1.29 is 4.74 Å². The van der Waals surface area contributed by atoms with Crippen molar-refractivity contribution in [2.24, 2.45) is 5.41 Å². The quantitative estimate of drug-likeness (QED) is 0.820. The zero-order chi connectivity index (χ0) is 11.8. The topological polar surface area (TPSA) is 52.0 Å². The first kappa shape index (κ1) is 11.5. The second-order valence-electron chi connectivity index (χ2n) is 5.48. The highest BCUT2D eigenvalue weighted by atomic mass is 16.5. The Morgan fingerprint density at radius 2 is 2.25 bits per heavy atom. The van der Waals surface area contributed by atoms with Crippen LogP contribution in [-0.2, 0) is 16.8 Å². The Bertz CT molecular complexity index is 368. The summed E-state index contributed by atoms with van der Waals surface area (Å²) in [7, 11) is 1.93. The molecule has 0 unspecified atom stereocenters. The van der Waals surface area contributed by atoms with Crippen LogP contribution in [0.1, 0.15) is 26.5 Å². The van der Waals surface area contributed by atoms with Crippen LogP contribution in [0.25, 0.3) is 0 Å². The monoisotopic (exact) mass is 224 g/mol. The van der Waals surface area contributed by atoms with Crippen LogP contribution >= 0.6 is 0 Å². The number of aromatic nitrogens is 3. The van der Waals surface area contributed by atoms with E-state index in [1.54, 1.807) is 0 Å². The minimum Gasteiger partial charge on any atom is -0.380 e. The molecule has 1 N–H and O–H groups in total. The summed E-state index contributed by atoms with van der Waals surface area (Å²) in [4.78, 5) is 0. The fourth-order valence-electron chi connectivity index (χ4n) is 1.72. The molecule has 0 aromatic carbocycles. The second kappa shape index (κ2) is 3.82. The molecule has 2 heterocycles. The zero-order valence-electron chi connectivity index (χ0n) is 10.4. The van der Waals surface area contributed by atoms with Crippen molar-refractivity contribution in [1.82, 2.24) is 20.3 Å². The molecule has 1 fully saturated rings. The van der Waals surface area contributed by atoms with Crippen LogP contribution in [0.15, 0.2) is 6.20 Å². The molecule has 16 heavy (non-hydrogen) atoms. The summed E-state index contributed by atoms with van der Waals surface area (Å²) in [6.45, 7) is 8.90. The Kier molecular flexibility index (Phi) is 2.75. The van der Waals surface area contributed by atoms with Gasteiger partial charge in [0.05, 0.1) is 31.5 Å². The van der Waals surface area contributed by atoms with Crippen molar-refractivity contribution in [2.45, 2.75) is 32.9 Å². The summed E-state index contributed by atoms with van der Waals surface area (Å²) in [5, 5.41) is 11.6. The molecule has 0 atom stereocenters. The van der Waals surface area contributed by atoms with Crippen LogP contribution in [0.4, 0.5) is 0 Å². The van der Waals surface area contributed by atoms with Crippen LogP contribution < -0.4 is 5.32 Å². The van der Waals surface area contributed by atoms with E-state index in [1.165, 1.54) is 0 Å². The summed E-state index contributed by atoms with van der Waals surface area (Å²) >= 11 is 0. The smallest absolute Gasteiger partial charge is 0.102 e. The summed E-state index contributed by atoms with van der Waals surface area (Å²) in [6.07, 6.45) is 2.01. The first-order chi connectivity index (χ1) is 7.45. The third-order valence-corrected chi connectivity index (χ3v) is 3.25. The van der Waals surface area contributed by atoms with E-state index in [-0.39, 0.29) is 11.0 Å². The zero-order valence-corrected chi connectivity index (χ0v) is 10.4. The first-order valence-corrected chi connectivity index (χ1v) is 5.62. The van der Waals surface area contributed by atoms with Gasteiger partial charge in [0.2, 0.25) is 0 Å². The van der Waals surface area contributed by atoms with E-state index in [2.05, 4.69) is 36.4 Å². The predicted octanol–water partition coefficient (Wildman–Crippen LogP) is 0.769. The molecule has 5 heteroatoms. The van der Waals surface area contributed by atoms with E-state index in [1.807, 2.05) is 17.9 Å². The average Bonchev–Trinajstić information content (AvgIpc) is 2.64. The Hall–Kier alpha value is -0.940. The normalized spacial score (nSPS) is 19.5. The number of nitrogens with one attached hydrogen (secondary N) is 1. The van der Waals surface area contributed by atoms with E-state index in [4.69, 9.17) is 4.74 Å². The molecule has 5 nitrogen and oxygen atoms in total. The SMILES string of the molecule is CNC(C)(C)c1cn(CC2(C)COC2)nn1. The second-order valence-corrected chi connectivity index (χ2v) is 5.48. The molecule has 0 spiro atoms. The van der Waals surface area contributed by atoms with E-state index in [9.17, 15) is 0 Å². The van der Waals surface area contributed by atoms with Gasteiger partial charge in [-0.15, -0.1) is 5.10 Å². The molecular weight excluding hydrogens is 204 g/mol. The molecule has 1 aliphatic heterocycles. The lowest BCUT2D eigenvalue weighted by Gasteiger charge is -2.37. The Balaban J connectivity index is 2.08. The Morgan fingerprint density at radius 1 is 1.56 bits per heavy atom. The minimum absolute atomic E-state index is 0.130. The van der Waals surface area contributed by atoms with Gasteiger partial charge in [0.15, 0.2) is 0 Å². The third kappa shape index (κ3) is 2.10. The van der Waals surface area contributed by atoms with Gasteiger partial charge >= 0.3 is 0 Å². The standard InChI is InChI=1S/C11H20N4O/c1-10(2,12-4)9-5-15(14-13-9)6-11(3)7-16-8-11/h5,12H,6-8H2,1-4H3. The van der Waals surface area contributed by atoms with Crippen LogP contribution in [-0.4, -0.2) is 35.3 Å². The Morgan fingerprint density at radius 3 is 2.75 bits per heavy atom. The van der Waals surface area contributed by atoms with Crippen molar-refractivity contribution in [3.63, 3.8) is 0 Å². The molecule has 90 valence electrons. The van der Waals surface area contributed by atoms with Gasteiger partial charge < -0.3 is 10.1 Å². The summed E-state index contributed by atoms with van der Waals surface area (Å²) < 4.78 is 7.15. The van der Waals surface area contributed by atoms with E-state index in [0.717, 1.165) is 25.5 Å². The highest BCUT2D eigenvalue weighted by Crippen LogP contribution is 2.28. The van der Waals surface area contributed by atoms with Crippen molar-refractivity contribution in [2.75, 3.05) is 20.3 Å². The van der Waals surface area contributed by atoms with Crippen LogP contribution in [0.2, 0.25) is 0 Å². The number of hydrogen-bond acceptors (Lipinski definition) is 4. The molecule has 0 amide bonds.